The number of ether oxygens (including phenoxy) is 1. The van der Waals surface area contributed by atoms with Crippen molar-refractivity contribution in [2.75, 3.05) is 19.0 Å². The lowest BCUT2D eigenvalue weighted by Gasteiger charge is -2.28. The molecule has 0 aliphatic rings. The van der Waals surface area contributed by atoms with Crippen LogP contribution in [0.3, 0.4) is 0 Å². The maximum Gasteiger partial charge on any atom is 0.354 e. The summed E-state index contributed by atoms with van der Waals surface area (Å²) in [6.07, 6.45) is 3.02. The van der Waals surface area contributed by atoms with Gasteiger partial charge in [-0.15, -0.1) is 0 Å². The molecule has 3 N–H and O–H groups in total. The van der Waals surface area contributed by atoms with Crippen LogP contribution in [0.1, 0.15) is 37.2 Å². The third-order valence-electron chi connectivity index (χ3n) is 3.88. The maximum absolute atomic E-state index is 12.4. The molecule has 1 rings (SSSR count). The third-order valence-corrected chi connectivity index (χ3v) is 3.88. The van der Waals surface area contributed by atoms with Crippen molar-refractivity contribution < 1.29 is 14.3 Å². The minimum atomic E-state index is -0.568. The summed E-state index contributed by atoms with van der Waals surface area (Å²) in [4.78, 5) is 23.9. The van der Waals surface area contributed by atoms with Gasteiger partial charge in [-0.25, -0.2) is 4.79 Å². The standard InChI is InChI=1S/C14H23N3O3/c1-5-14(6-2,9-15)13(19)16-10-7-11(12(18)20-4)17(3)8-10/h7-8H,5-6,9,15H2,1-4H3,(H,16,19). The number of amides is 1. The van der Waals surface area contributed by atoms with Crippen LogP contribution in [0.4, 0.5) is 5.69 Å². The largest absolute Gasteiger partial charge is 0.464 e. The minimum Gasteiger partial charge on any atom is -0.464 e. The Morgan fingerprint density at radius 3 is 2.45 bits per heavy atom. The summed E-state index contributed by atoms with van der Waals surface area (Å²) in [6.45, 7) is 4.18. The van der Waals surface area contributed by atoms with Crippen LogP contribution in [0.15, 0.2) is 12.3 Å². The van der Waals surface area contributed by atoms with E-state index < -0.39 is 11.4 Å². The summed E-state index contributed by atoms with van der Waals surface area (Å²) < 4.78 is 6.29. The third kappa shape index (κ3) is 3.01. The Kier molecular flexibility index (Phi) is 5.33. The molecule has 1 aromatic rings. The molecule has 0 aromatic carbocycles. The van der Waals surface area contributed by atoms with Crippen molar-refractivity contribution in [1.29, 1.82) is 0 Å². The van der Waals surface area contributed by atoms with Crippen molar-refractivity contribution in [2.45, 2.75) is 26.7 Å². The number of nitrogens with zero attached hydrogens (tertiary/aromatic N) is 1. The molecule has 0 bridgehead atoms. The number of esters is 1. The zero-order valence-corrected chi connectivity index (χ0v) is 12.5. The smallest absolute Gasteiger partial charge is 0.354 e. The number of hydrogen-bond donors (Lipinski definition) is 2. The summed E-state index contributed by atoms with van der Waals surface area (Å²) in [6, 6.07) is 1.59. The van der Waals surface area contributed by atoms with E-state index >= 15 is 0 Å². The van der Waals surface area contributed by atoms with Gasteiger partial charge in [0.1, 0.15) is 5.69 Å². The van der Waals surface area contributed by atoms with E-state index in [0.717, 1.165) is 0 Å². The first-order valence-corrected chi connectivity index (χ1v) is 6.70. The lowest BCUT2D eigenvalue weighted by Crippen LogP contribution is -2.41. The fourth-order valence-electron chi connectivity index (χ4n) is 2.16. The van der Waals surface area contributed by atoms with Crippen LogP contribution in [-0.4, -0.2) is 30.1 Å². The number of hydrogen-bond acceptors (Lipinski definition) is 4. The first-order chi connectivity index (χ1) is 9.43. The van der Waals surface area contributed by atoms with Gasteiger partial charge in [-0.1, -0.05) is 13.8 Å². The zero-order chi connectivity index (χ0) is 15.3. The van der Waals surface area contributed by atoms with E-state index in [4.69, 9.17) is 5.73 Å². The first kappa shape index (κ1) is 16.2. The van der Waals surface area contributed by atoms with Crippen molar-refractivity contribution in [2.24, 2.45) is 18.2 Å². The van der Waals surface area contributed by atoms with Crippen LogP contribution in [0.2, 0.25) is 0 Å². The Labute approximate surface area is 119 Å². The lowest BCUT2D eigenvalue weighted by molar-refractivity contribution is -0.125. The number of nitrogens with two attached hydrogens (primary N) is 1. The van der Waals surface area contributed by atoms with Gasteiger partial charge in [0.15, 0.2) is 0 Å². The average molecular weight is 281 g/mol. The summed E-state index contributed by atoms with van der Waals surface area (Å²) in [5.41, 5.74) is 6.13. The maximum atomic E-state index is 12.4. The Morgan fingerprint density at radius 2 is 2.00 bits per heavy atom. The van der Waals surface area contributed by atoms with Crippen LogP contribution < -0.4 is 11.1 Å². The monoisotopic (exact) mass is 281 g/mol. The van der Waals surface area contributed by atoms with Crippen LogP contribution >= 0.6 is 0 Å². The molecule has 0 saturated carbocycles. The zero-order valence-electron chi connectivity index (χ0n) is 12.5. The van der Waals surface area contributed by atoms with Crippen molar-refractivity contribution in [1.82, 2.24) is 4.57 Å². The highest BCUT2D eigenvalue weighted by Crippen LogP contribution is 2.27. The Balaban J connectivity index is 2.94. The molecule has 0 unspecified atom stereocenters. The van der Waals surface area contributed by atoms with E-state index in [2.05, 4.69) is 10.1 Å². The molecular weight excluding hydrogens is 258 g/mol. The second-order valence-corrected chi connectivity index (χ2v) is 4.86. The van der Waals surface area contributed by atoms with E-state index in [1.165, 1.54) is 7.11 Å². The van der Waals surface area contributed by atoms with Gasteiger partial charge in [0.25, 0.3) is 0 Å². The normalized spacial score (nSPS) is 11.2. The van der Waals surface area contributed by atoms with Crippen LogP contribution in [-0.2, 0) is 16.6 Å². The van der Waals surface area contributed by atoms with Crippen LogP contribution in [0.5, 0.6) is 0 Å². The van der Waals surface area contributed by atoms with E-state index in [1.54, 1.807) is 23.9 Å². The minimum absolute atomic E-state index is 0.119. The second kappa shape index (κ2) is 6.56. The first-order valence-electron chi connectivity index (χ1n) is 6.70. The molecule has 6 heteroatoms. The molecule has 112 valence electrons. The molecule has 0 atom stereocenters. The summed E-state index contributed by atoms with van der Waals surface area (Å²) in [5.74, 6) is -0.559. The number of aromatic nitrogens is 1. The number of carbonyl (C=O) groups is 2. The summed E-state index contributed by atoms with van der Waals surface area (Å²) in [5, 5.41) is 2.83. The Hall–Kier alpha value is -1.82. The molecule has 0 spiro atoms. The number of anilines is 1. The van der Waals surface area contributed by atoms with Gasteiger partial charge < -0.3 is 20.4 Å². The number of methoxy groups -OCH3 is 1. The molecule has 1 heterocycles. The molecule has 0 aliphatic heterocycles. The molecule has 1 amide bonds. The highest BCUT2D eigenvalue weighted by Gasteiger charge is 2.33. The molecule has 6 nitrogen and oxygen atoms in total. The predicted molar refractivity (Wildman–Crippen MR) is 77.5 cm³/mol. The topological polar surface area (TPSA) is 86.3 Å². The Morgan fingerprint density at radius 1 is 1.40 bits per heavy atom. The van der Waals surface area contributed by atoms with E-state index in [9.17, 15) is 9.59 Å². The number of rotatable bonds is 6. The number of carbonyl (C=O) groups excluding carboxylic acids is 2. The highest BCUT2D eigenvalue weighted by atomic mass is 16.5. The predicted octanol–water partition coefficient (Wildman–Crippen LogP) is 1.52. The molecular formula is C14H23N3O3. The molecule has 0 aliphatic carbocycles. The van der Waals surface area contributed by atoms with Gasteiger partial charge >= 0.3 is 5.97 Å². The molecule has 1 aromatic heterocycles. The molecule has 20 heavy (non-hydrogen) atoms. The average Bonchev–Trinajstić information content (AvgIpc) is 2.81. The van der Waals surface area contributed by atoms with Crippen molar-refractivity contribution in [3.63, 3.8) is 0 Å². The SMILES string of the molecule is CCC(CC)(CN)C(=O)Nc1cc(C(=O)OC)n(C)c1. The number of nitrogens with one attached hydrogen (secondary N) is 1. The van der Waals surface area contributed by atoms with Gasteiger partial charge in [0.2, 0.25) is 5.91 Å². The Bertz CT molecular complexity index is 482. The van der Waals surface area contributed by atoms with Crippen LogP contribution in [0, 0.1) is 5.41 Å². The highest BCUT2D eigenvalue weighted by molar-refractivity contribution is 5.97. The molecule has 0 fully saturated rings. The number of aryl methyl sites for hydroxylation is 1. The van der Waals surface area contributed by atoms with Crippen LogP contribution in [0.25, 0.3) is 0 Å². The van der Waals surface area contributed by atoms with Crippen molar-refractivity contribution in [3.05, 3.63) is 18.0 Å². The van der Waals surface area contributed by atoms with E-state index in [-0.39, 0.29) is 5.91 Å². The van der Waals surface area contributed by atoms with Crippen molar-refractivity contribution >= 4 is 17.6 Å². The van der Waals surface area contributed by atoms with Gasteiger partial charge in [0.05, 0.1) is 18.2 Å². The van der Waals surface area contributed by atoms with Gasteiger partial charge in [0, 0.05) is 19.8 Å². The van der Waals surface area contributed by atoms with E-state index in [0.29, 0.717) is 30.8 Å². The molecule has 0 radical (unpaired) electrons. The quantitative estimate of drug-likeness (QED) is 0.774. The fourth-order valence-corrected chi connectivity index (χ4v) is 2.16. The second-order valence-electron chi connectivity index (χ2n) is 4.86. The van der Waals surface area contributed by atoms with Gasteiger partial charge in [-0.3, -0.25) is 4.79 Å². The summed E-state index contributed by atoms with van der Waals surface area (Å²) in [7, 11) is 3.04. The van der Waals surface area contributed by atoms with Gasteiger partial charge in [-0.2, -0.15) is 0 Å². The lowest BCUT2D eigenvalue weighted by atomic mass is 9.81. The van der Waals surface area contributed by atoms with Gasteiger partial charge in [-0.05, 0) is 18.9 Å². The molecule has 0 saturated heterocycles. The van der Waals surface area contributed by atoms with Crippen molar-refractivity contribution in [3.8, 4) is 0 Å². The fraction of sp³-hybridized carbons (Fsp3) is 0.571. The summed E-state index contributed by atoms with van der Waals surface area (Å²) >= 11 is 0. The van der Waals surface area contributed by atoms with E-state index in [1.807, 2.05) is 13.8 Å².